The van der Waals surface area contributed by atoms with Crippen molar-refractivity contribution in [1.82, 2.24) is 4.90 Å². The number of rotatable bonds is 6. The van der Waals surface area contributed by atoms with Gasteiger partial charge in [0.2, 0.25) is 0 Å². The fourth-order valence-corrected chi connectivity index (χ4v) is 2.33. The fraction of sp³-hybridized carbons (Fsp3) is 0.500. The quantitative estimate of drug-likeness (QED) is 0.814. The summed E-state index contributed by atoms with van der Waals surface area (Å²) in [5, 5.41) is 0. The van der Waals surface area contributed by atoms with Crippen LogP contribution < -0.4 is 10.5 Å². The van der Waals surface area contributed by atoms with Crippen molar-refractivity contribution >= 4 is 23.4 Å². The number of nitrogens with zero attached hydrogens (tertiary/aromatic N) is 1. The van der Waals surface area contributed by atoms with Crippen molar-refractivity contribution in [2.75, 3.05) is 31.9 Å². The van der Waals surface area contributed by atoms with Crippen LogP contribution in [0.3, 0.4) is 0 Å². The van der Waals surface area contributed by atoms with Crippen LogP contribution in [0.2, 0.25) is 0 Å². The molecule has 2 N–H and O–H groups in total. The van der Waals surface area contributed by atoms with Gasteiger partial charge in [0.05, 0.1) is 12.7 Å². The number of ether oxygens (including phenoxy) is 1. The van der Waals surface area contributed by atoms with Gasteiger partial charge in [-0.2, -0.15) is 11.8 Å². The Morgan fingerprint density at radius 1 is 1.53 bits per heavy atom. The molecule has 1 aromatic carbocycles. The number of thioether (sulfide) groups is 1. The van der Waals surface area contributed by atoms with E-state index in [9.17, 15) is 4.79 Å². The molecular weight excluding hydrogens is 260 g/mol. The third kappa shape index (κ3) is 4.06. The summed E-state index contributed by atoms with van der Waals surface area (Å²) < 4.78 is 5.23. The molecule has 0 saturated carbocycles. The van der Waals surface area contributed by atoms with Crippen LogP contribution in [0.15, 0.2) is 18.2 Å². The van der Waals surface area contributed by atoms with Crippen molar-refractivity contribution in [3.8, 4) is 5.75 Å². The lowest BCUT2D eigenvalue weighted by Gasteiger charge is -2.25. The molecular formula is C14H22N2O2S. The first-order valence-corrected chi connectivity index (χ1v) is 7.60. The monoisotopic (exact) mass is 282 g/mol. The highest BCUT2D eigenvalue weighted by Gasteiger charge is 2.20. The number of anilines is 1. The zero-order valence-corrected chi connectivity index (χ0v) is 12.8. The first kappa shape index (κ1) is 15.7. The van der Waals surface area contributed by atoms with Crippen LogP contribution in [0.4, 0.5) is 5.69 Å². The minimum Gasteiger partial charge on any atom is -0.496 e. The second-order valence-corrected chi connectivity index (χ2v) is 5.49. The second-order valence-electron chi connectivity index (χ2n) is 4.51. The van der Waals surface area contributed by atoms with E-state index in [0.29, 0.717) is 17.0 Å². The van der Waals surface area contributed by atoms with E-state index in [1.165, 1.54) is 0 Å². The van der Waals surface area contributed by atoms with Crippen LogP contribution in [0.1, 0.15) is 23.7 Å². The molecule has 1 unspecified atom stereocenters. The Labute approximate surface area is 119 Å². The maximum atomic E-state index is 12.4. The van der Waals surface area contributed by atoms with Gasteiger partial charge in [0.1, 0.15) is 5.75 Å². The number of nitrogens with two attached hydrogens (primary N) is 1. The molecule has 19 heavy (non-hydrogen) atoms. The van der Waals surface area contributed by atoms with Gasteiger partial charge in [-0.1, -0.05) is 0 Å². The van der Waals surface area contributed by atoms with E-state index in [0.717, 1.165) is 12.2 Å². The predicted octanol–water partition coefficient (Wildman–Crippen LogP) is 2.49. The Morgan fingerprint density at radius 3 is 2.79 bits per heavy atom. The lowest BCUT2D eigenvalue weighted by molar-refractivity contribution is 0.0738. The molecule has 0 aromatic heterocycles. The first-order chi connectivity index (χ1) is 9.01. The van der Waals surface area contributed by atoms with Gasteiger partial charge < -0.3 is 15.4 Å². The van der Waals surface area contributed by atoms with Crippen LogP contribution in [0, 0.1) is 0 Å². The molecule has 1 atom stereocenters. The number of hydrogen-bond acceptors (Lipinski definition) is 4. The molecule has 5 heteroatoms. The third-order valence-corrected chi connectivity index (χ3v) is 3.82. The number of methoxy groups -OCH3 is 1. The van der Waals surface area contributed by atoms with Crippen LogP contribution in [0.5, 0.6) is 5.75 Å². The van der Waals surface area contributed by atoms with Gasteiger partial charge >= 0.3 is 0 Å². The van der Waals surface area contributed by atoms with Crippen molar-refractivity contribution in [2.24, 2.45) is 0 Å². The zero-order chi connectivity index (χ0) is 14.4. The number of amides is 1. The maximum Gasteiger partial charge on any atom is 0.257 e. The third-order valence-electron chi connectivity index (χ3n) is 3.18. The van der Waals surface area contributed by atoms with Crippen molar-refractivity contribution < 1.29 is 9.53 Å². The highest BCUT2D eigenvalue weighted by Crippen LogP contribution is 2.23. The second kappa shape index (κ2) is 7.28. The summed E-state index contributed by atoms with van der Waals surface area (Å²) in [4.78, 5) is 14.2. The van der Waals surface area contributed by atoms with Crippen molar-refractivity contribution in [3.63, 3.8) is 0 Å². The average Bonchev–Trinajstić information content (AvgIpc) is 2.42. The minimum atomic E-state index is -0.0366. The molecule has 0 fully saturated rings. The Kier molecular flexibility index (Phi) is 6.02. The molecule has 0 saturated heterocycles. The Morgan fingerprint density at radius 2 is 2.21 bits per heavy atom. The highest BCUT2D eigenvalue weighted by molar-refractivity contribution is 7.98. The maximum absolute atomic E-state index is 12.4. The van der Waals surface area contributed by atoms with Gasteiger partial charge in [0.15, 0.2) is 0 Å². The molecule has 0 heterocycles. The van der Waals surface area contributed by atoms with E-state index >= 15 is 0 Å². The molecule has 0 aliphatic heterocycles. The summed E-state index contributed by atoms with van der Waals surface area (Å²) >= 11 is 1.79. The highest BCUT2D eigenvalue weighted by atomic mass is 32.2. The fourth-order valence-electron chi connectivity index (χ4n) is 1.76. The molecule has 106 valence electrons. The van der Waals surface area contributed by atoms with Gasteiger partial charge in [-0.05, 0) is 37.5 Å². The van der Waals surface area contributed by atoms with E-state index in [1.54, 1.807) is 42.0 Å². The summed E-state index contributed by atoms with van der Waals surface area (Å²) in [7, 11) is 3.37. The molecule has 0 spiro atoms. The van der Waals surface area contributed by atoms with Gasteiger partial charge in [0, 0.05) is 24.8 Å². The van der Waals surface area contributed by atoms with Gasteiger partial charge in [-0.25, -0.2) is 0 Å². The summed E-state index contributed by atoms with van der Waals surface area (Å²) in [5.41, 5.74) is 6.84. The number of hydrogen-bond donors (Lipinski definition) is 1. The number of nitrogen functional groups attached to an aromatic ring is 1. The summed E-state index contributed by atoms with van der Waals surface area (Å²) in [6, 6.07) is 5.31. The van der Waals surface area contributed by atoms with E-state index < -0.39 is 0 Å². The SMILES string of the molecule is COc1cc(N)ccc1C(=O)N(C)C(C)CCSC. The lowest BCUT2D eigenvalue weighted by Crippen LogP contribution is -2.35. The van der Waals surface area contributed by atoms with E-state index in [4.69, 9.17) is 10.5 Å². The molecule has 0 radical (unpaired) electrons. The predicted molar refractivity (Wildman–Crippen MR) is 82.0 cm³/mol. The summed E-state index contributed by atoms with van der Waals surface area (Å²) in [6.07, 6.45) is 3.04. The number of carbonyl (C=O) groups excluding carboxylic acids is 1. The topological polar surface area (TPSA) is 55.6 Å². The Bertz CT molecular complexity index is 437. The summed E-state index contributed by atoms with van der Waals surface area (Å²) in [6.45, 7) is 2.05. The number of carbonyl (C=O) groups is 1. The van der Waals surface area contributed by atoms with Crippen molar-refractivity contribution in [2.45, 2.75) is 19.4 Å². The van der Waals surface area contributed by atoms with Crippen LogP contribution in [-0.4, -0.2) is 43.0 Å². The van der Waals surface area contributed by atoms with Gasteiger partial charge in [0.25, 0.3) is 5.91 Å². The van der Waals surface area contributed by atoms with Crippen molar-refractivity contribution in [3.05, 3.63) is 23.8 Å². The Hall–Kier alpha value is -1.36. The van der Waals surface area contributed by atoms with Gasteiger partial charge in [-0.3, -0.25) is 4.79 Å². The Balaban J connectivity index is 2.87. The van der Waals surface area contributed by atoms with E-state index in [-0.39, 0.29) is 11.9 Å². The smallest absolute Gasteiger partial charge is 0.257 e. The standard InChI is InChI=1S/C14H22N2O2S/c1-10(7-8-19-4)16(2)14(17)12-6-5-11(15)9-13(12)18-3/h5-6,9-10H,7-8,15H2,1-4H3. The van der Waals surface area contributed by atoms with Gasteiger partial charge in [-0.15, -0.1) is 0 Å². The molecule has 0 bridgehead atoms. The molecule has 0 aliphatic rings. The average molecular weight is 282 g/mol. The minimum absolute atomic E-state index is 0.0366. The largest absolute Gasteiger partial charge is 0.496 e. The van der Waals surface area contributed by atoms with Crippen molar-refractivity contribution in [1.29, 1.82) is 0 Å². The van der Waals surface area contributed by atoms with E-state index in [2.05, 4.69) is 13.2 Å². The molecule has 1 rings (SSSR count). The first-order valence-electron chi connectivity index (χ1n) is 6.20. The normalized spacial score (nSPS) is 12.0. The molecule has 0 aliphatic carbocycles. The molecule has 4 nitrogen and oxygen atoms in total. The zero-order valence-electron chi connectivity index (χ0n) is 12.0. The van der Waals surface area contributed by atoms with Crippen LogP contribution in [0.25, 0.3) is 0 Å². The number of benzene rings is 1. The van der Waals surface area contributed by atoms with Crippen LogP contribution >= 0.6 is 11.8 Å². The molecule has 1 amide bonds. The molecule has 1 aromatic rings. The van der Waals surface area contributed by atoms with Crippen LogP contribution in [-0.2, 0) is 0 Å². The summed E-state index contributed by atoms with van der Waals surface area (Å²) in [5.74, 6) is 1.52. The lowest BCUT2D eigenvalue weighted by atomic mass is 10.1. The van der Waals surface area contributed by atoms with E-state index in [1.807, 2.05) is 7.05 Å².